The Morgan fingerprint density at radius 3 is 1.63 bits per heavy atom. The lowest BCUT2D eigenvalue weighted by Crippen LogP contribution is -2.41. The topological polar surface area (TPSA) is 0 Å². The first-order valence-corrected chi connectivity index (χ1v) is 8.83. The third kappa shape index (κ3) is 3.65. The maximum atomic E-state index is 13.8. The fourth-order valence-corrected chi connectivity index (χ4v) is 6.17. The molecule has 0 aromatic carbocycles. The molecule has 2 saturated carbocycles. The summed E-state index contributed by atoms with van der Waals surface area (Å²) in [4.78, 5) is 0. The Morgan fingerprint density at radius 1 is 0.895 bits per heavy atom. The van der Waals surface area contributed by atoms with Crippen LogP contribution in [0.15, 0.2) is 0 Å². The Kier molecular flexibility index (Phi) is 5.19. The summed E-state index contributed by atoms with van der Waals surface area (Å²) in [5, 5.41) is 0. The summed E-state index contributed by atoms with van der Waals surface area (Å²) in [5.74, 6) is 0. The van der Waals surface area contributed by atoms with Crippen LogP contribution in [0.1, 0.15) is 78.1 Å². The van der Waals surface area contributed by atoms with E-state index in [2.05, 4.69) is 13.8 Å². The molecule has 112 valence electrons. The van der Waals surface area contributed by atoms with Gasteiger partial charge in [-0.25, -0.2) is 8.78 Å². The molecule has 2 rings (SSSR count). The van der Waals surface area contributed by atoms with Crippen molar-refractivity contribution in [3.05, 3.63) is 0 Å². The molecule has 19 heavy (non-hydrogen) atoms. The van der Waals surface area contributed by atoms with E-state index in [4.69, 9.17) is 0 Å². The van der Waals surface area contributed by atoms with Gasteiger partial charge in [-0.05, 0) is 64.2 Å². The van der Waals surface area contributed by atoms with E-state index in [1.165, 1.54) is 0 Å². The van der Waals surface area contributed by atoms with Crippen molar-refractivity contribution in [2.45, 2.75) is 99.9 Å². The first-order chi connectivity index (χ1) is 9.03. The van der Waals surface area contributed by atoms with E-state index in [-0.39, 0.29) is 9.49 Å². The lowest BCUT2D eigenvalue weighted by Gasteiger charge is -2.47. The van der Waals surface area contributed by atoms with Crippen LogP contribution < -0.4 is 0 Å². The van der Waals surface area contributed by atoms with Gasteiger partial charge in [-0.3, -0.25) is 0 Å². The highest BCUT2D eigenvalue weighted by molar-refractivity contribution is 8.02. The van der Waals surface area contributed by atoms with Crippen LogP contribution in [0, 0.1) is 0 Å². The van der Waals surface area contributed by atoms with Crippen LogP contribution in [0.4, 0.5) is 8.78 Å². The fraction of sp³-hybridized carbons (Fsp3) is 1.00. The molecule has 2 aliphatic rings. The molecule has 0 aromatic rings. The first kappa shape index (κ1) is 15.6. The highest BCUT2D eigenvalue weighted by atomic mass is 32.2. The van der Waals surface area contributed by atoms with E-state index in [9.17, 15) is 8.78 Å². The van der Waals surface area contributed by atoms with Gasteiger partial charge in [0, 0.05) is 9.49 Å². The lowest BCUT2D eigenvalue weighted by atomic mass is 9.84. The fourth-order valence-electron chi connectivity index (χ4n) is 3.94. The van der Waals surface area contributed by atoms with Gasteiger partial charge in [0.25, 0.3) is 0 Å². The number of hydrogen-bond donors (Lipinski definition) is 0. The van der Waals surface area contributed by atoms with E-state index in [1.807, 2.05) is 11.8 Å². The van der Waals surface area contributed by atoms with Crippen LogP contribution in [-0.4, -0.2) is 21.8 Å². The molecule has 0 N–H and O–H groups in total. The number of thioether (sulfide) groups is 1. The van der Waals surface area contributed by atoms with Gasteiger partial charge in [-0.15, -0.1) is 11.8 Å². The average molecular weight is 290 g/mol. The van der Waals surface area contributed by atoms with E-state index in [0.717, 1.165) is 51.4 Å². The van der Waals surface area contributed by atoms with E-state index in [1.54, 1.807) is 0 Å². The Morgan fingerprint density at radius 2 is 1.32 bits per heavy atom. The molecule has 0 radical (unpaired) electrons. The molecule has 0 bridgehead atoms. The molecule has 0 spiro atoms. The summed E-state index contributed by atoms with van der Waals surface area (Å²) in [6.45, 7) is 4.37. The molecule has 0 aliphatic heterocycles. The van der Waals surface area contributed by atoms with Crippen molar-refractivity contribution in [3.63, 3.8) is 0 Å². The van der Waals surface area contributed by atoms with Gasteiger partial charge in [-0.2, -0.15) is 0 Å². The zero-order valence-corrected chi connectivity index (χ0v) is 13.2. The minimum atomic E-state index is -0.639. The molecule has 0 heterocycles. The highest BCUT2D eigenvalue weighted by Gasteiger charge is 2.45. The van der Waals surface area contributed by atoms with Crippen LogP contribution >= 0.6 is 11.8 Å². The van der Waals surface area contributed by atoms with Crippen LogP contribution in [0.2, 0.25) is 0 Å². The predicted molar refractivity (Wildman–Crippen MR) is 80.4 cm³/mol. The summed E-state index contributed by atoms with van der Waals surface area (Å²) in [7, 11) is 0. The largest absolute Gasteiger partial charge is 0.247 e. The Balaban J connectivity index is 2.10. The van der Waals surface area contributed by atoms with E-state index < -0.39 is 12.3 Å². The third-order valence-electron chi connectivity index (χ3n) is 5.21. The molecule has 2 aliphatic carbocycles. The summed E-state index contributed by atoms with van der Waals surface area (Å²) >= 11 is 1.96. The van der Waals surface area contributed by atoms with Crippen LogP contribution in [-0.2, 0) is 0 Å². The SMILES string of the molecule is CCC1(SC2(CC)CCCC(F)C2)CCCC(F)C1. The van der Waals surface area contributed by atoms with Crippen molar-refractivity contribution in [2.24, 2.45) is 0 Å². The molecule has 0 aromatic heterocycles. The first-order valence-electron chi connectivity index (χ1n) is 8.01. The minimum absolute atomic E-state index is 0.0741. The highest BCUT2D eigenvalue weighted by Crippen LogP contribution is 2.54. The quantitative estimate of drug-likeness (QED) is 0.626. The Hall–Kier alpha value is 0.210. The third-order valence-corrected chi connectivity index (χ3v) is 7.39. The monoisotopic (exact) mass is 290 g/mol. The van der Waals surface area contributed by atoms with Gasteiger partial charge >= 0.3 is 0 Å². The molecular weight excluding hydrogens is 262 g/mol. The summed E-state index contributed by atoms with van der Waals surface area (Å²) < 4.78 is 27.8. The molecule has 0 amide bonds. The van der Waals surface area contributed by atoms with Crippen molar-refractivity contribution in [2.75, 3.05) is 0 Å². The van der Waals surface area contributed by atoms with Crippen LogP contribution in [0.3, 0.4) is 0 Å². The van der Waals surface area contributed by atoms with Crippen LogP contribution in [0.5, 0.6) is 0 Å². The van der Waals surface area contributed by atoms with Gasteiger partial charge in [0.05, 0.1) is 0 Å². The molecule has 4 atom stereocenters. The summed E-state index contributed by atoms with van der Waals surface area (Å²) in [6.07, 6.45) is 7.84. The molecule has 3 heteroatoms. The smallest absolute Gasteiger partial charge is 0.101 e. The second-order valence-electron chi connectivity index (χ2n) is 6.56. The van der Waals surface area contributed by atoms with Gasteiger partial charge in [0.1, 0.15) is 12.3 Å². The van der Waals surface area contributed by atoms with Gasteiger partial charge in [0.2, 0.25) is 0 Å². The molecular formula is C16H28F2S. The van der Waals surface area contributed by atoms with Crippen LogP contribution in [0.25, 0.3) is 0 Å². The van der Waals surface area contributed by atoms with Crippen molar-refractivity contribution in [1.82, 2.24) is 0 Å². The average Bonchev–Trinajstić information content (AvgIpc) is 2.39. The van der Waals surface area contributed by atoms with Gasteiger partial charge in [-0.1, -0.05) is 13.8 Å². The second-order valence-corrected chi connectivity index (χ2v) is 8.50. The lowest BCUT2D eigenvalue weighted by molar-refractivity contribution is 0.199. The molecule has 0 saturated heterocycles. The Bertz CT molecular complexity index is 268. The van der Waals surface area contributed by atoms with E-state index >= 15 is 0 Å². The number of hydrogen-bond acceptors (Lipinski definition) is 1. The minimum Gasteiger partial charge on any atom is -0.247 e. The standard InChI is InChI=1S/C16H28F2S/c1-3-15(9-5-7-13(17)11-15)19-16(4-2)10-6-8-14(18)12-16/h13-14H,3-12H2,1-2H3. The van der Waals surface area contributed by atoms with Crippen molar-refractivity contribution in [3.8, 4) is 0 Å². The van der Waals surface area contributed by atoms with Crippen molar-refractivity contribution >= 4 is 11.8 Å². The normalized spacial score (nSPS) is 44.2. The van der Waals surface area contributed by atoms with Crippen molar-refractivity contribution < 1.29 is 8.78 Å². The second kappa shape index (κ2) is 6.32. The zero-order chi connectivity index (χ0) is 13.9. The number of halogens is 2. The van der Waals surface area contributed by atoms with Gasteiger partial charge < -0.3 is 0 Å². The van der Waals surface area contributed by atoms with E-state index in [0.29, 0.717) is 12.8 Å². The molecule has 2 fully saturated rings. The predicted octanol–water partition coefficient (Wildman–Crippen LogP) is 5.84. The maximum absolute atomic E-state index is 13.8. The Labute approximate surface area is 121 Å². The number of alkyl halides is 2. The van der Waals surface area contributed by atoms with Gasteiger partial charge in [0.15, 0.2) is 0 Å². The number of rotatable bonds is 4. The molecule has 0 nitrogen and oxygen atoms in total. The maximum Gasteiger partial charge on any atom is 0.101 e. The zero-order valence-electron chi connectivity index (χ0n) is 12.4. The molecule has 4 unspecified atom stereocenters. The van der Waals surface area contributed by atoms with Crippen molar-refractivity contribution in [1.29, 1.82) is 0 Å². The summed E-state index contributed by atoms with van der Waals surface area (Å²) in [5.41, 5.74) is 0. The summed E-state index contributed by atoms with van der Waals surface area (Å²) in [6, 6.07) is 0.